The molecule has 0 saturated carbocycles. The molecule has 1 aliphatic heterocycles. The number of phenolic OH excluding ortho intramolecular Hbond substituents is 1. The minimum Gasteiger partial charge on any atom is -0.507 e. The fourth-order valence-electron chi connectivity index (χ4n) is 3.56. The molecule has 1 N–H and O–H groups in total. The zero-order valence-electron chi connectivity index (χ0n) is 13.9. The Balaban J connectivity index is 1.85. The quantitative estimate of drug-likeness (QED) is 0.745. The maximum atomic E-state index is 11.0. The van der Waals surface area contributed by atoms with Gasteiger partial charge in [-0.25, -0.2) is 0 Å². The van der Waals surface area contributed by atoms with Crippen LogP contribution < -0.4 is 0 Å². The molecule has 0 amide bonds. The van der Waals surface area contributed by atoms with E-state index in [1.54, 1.807) is 0 Å². The number of nitrogens with zero attached hydrogens (tertiary/aromatic N) is 1. The molecule has 0 spiro atoms. The molecule has 1 aliphatic rings. The Morgan fingerprint density at radius 3 is 2.40 bits per heavy atom. The molecule has 3 aromatic carbocycles. The molecule has 3 aromatic rings. The largest absolute Gasteiger partial charge is 0.507 e. The third-order valence-electron chi connectivity index (χ3n) is 4.82. The minimum absolute atomic E-state index is 0.0224. The number of aromatic hydroxyl groups is 1. The molecule has 128 valence electrons. The first-order valence-corrected chi connectivity index (χ1v) is 8.90. The van der Waals surface area contributed by atoms with Crippen molar-refractivity contribution in [2.75, 3.05) is 26.3 Å². The number of benzene rings is 3. The fourth-order valence-corrected chi connectivity index (χ4v) is 3.69. The van der Waals surface area contributed by atoms with Gasteiger partial charge < -0.3 is 9.84 Å². The maximum Gasteiger partial charge on any atom is 0.128 e. The fraction of sp³-hybridized carbons (Fsp3) is 0.238. The van der Waals surface area contributed by atoms with Crippen LogP contribution in [0.3, 0.4) is 0 Å². The van der Waals surface area contributed by atoms with Crippen molar-refractivity contribution in [2.45, 2.75) is 6.04 Å². The third kappa shape index (κ3) is 3.23. The number of fused-ring (bicyclic) bond motifs is 1. The van der Waals surface area contributed by atoms with E-state index in [0.717, 1.165) is 35.0 Å². The van der Waals surface area contributed by atoms with Gasteiger partial charge in [0.1, 0.15) is 5.75 Å². The van der Waals surface area contributed by atoms with E-state index in [-0.39, 0.29) is 6.04 Å². The van der Waals surface area contributed by atoms with Crippen LogP contribution in [-0.2, 0) is 4.74 Å². The molecule has 0 aromatic heterocycles. The highest BCUT2D eigenvalue weighted by molar-refractivity contribution is 6.30. The topological polar surface area (TPSA) is 32.7 Å². The molecular formula is C21H20ClNO2. The SMILES string of the molecule is Oc1c(C(c2ccc(Cl)cc2)N2CCOCC2)ccc2ccccc12. The molecule has 25 heavy (non-hydrogen) atoms. The molecule has 0 bridgehead atoms. The molecule has 3 nitrogen and oxygen atoms in total. The zero-order chi connectivity index (χ0) is 17.2. The zero-order valence-corrected chi connectivity index (χ0v) is 14.6. The second-order valence-corrected chi connectivity index (χ2v) is 6.76. The first kappa shape index (κ1) is 16.4. The monoisotopic (exact) mass is 353 g/mol. The van der Waals surface area contributed by atoms with Crippen LogP contribution in [0.2, 0.25) is 5.02 Å². The van der Waals surface area contributed by atoms with E-state index in [4.69, 9.17) is 16.3 Å². The van der Waals surface area contributed by atoms with Crippen molar-refractivity contribution in [1.82, 2.24) is 4.90 Å². The van der Waals surface area contributed by atoms with Crippen LogP contribution in [0.4, 0.5) is 0 Å². The van der Waals surface area contributed by atoms with Crippen LogP contribution in [0, 0.1) is 0 Å². The summed E-state index contributed by atoms with van der Waals surface area (Å²) >= 11 is 6.07. The number of halogens is 1. The predicted octanol–water partition coefficient (Wildman–Crippen LogP) is 4.62. The van der Waals surface area contributed by atoms with E-state index in [1.807, 2.05) is 54.6 Å². The molecule has 0 radical (unpaired) electrons. The van der Waals surface area contributed by atoms with Gasteiger partial charge in [0.25, 0.3) is 0 Å². The molecular weight excluding hydrogens is 334 g/mol. The van der Waals surface area contributed by atoms with Gasteiger partial charge in [-0.3, -0.25) is 4.90 Å². The van der Waals surface area contributed by atoms with Crippen molar-refractivity contribution in [1.29, 1.82) is 0 Å². The first-order valence-electron chi connectivity index (χ1n) is 8.52. The van der Waals surface area contributed by atoms with Crippen LogP contribution in [0.15, 0.2) is 60.7 Å². The second-order valence-electron chi connectivity index (χ2n) is 6.33. The number of hydrogen-bond donors (Lipinski definition) is 1. The summed E-state index contributed by atoms with van der Waals surface area (Å²) in [5.74, 6) is 0.351. The number of ether oxygens (including phenoxy) is 1. The standard InChI is InChI=1S/C21H20ClNO2/c22-17-8-5-16(6-9-17)20(23-11-13-25-14-12-23)19-10-7-15-3-1-2-4-18(15)21(19)24/h1-10,20,24H,11-14H2. The lowest BCUT2D eigenvalue weighted by Crippen LogP contribution is -2.39. The highest BCUT2D eigenvalue weighted by atomic mass is 35.5. The average molecular weight is 354 g/mol. The van der Waals surface area contributed by atoms with Gasteiger partial charge in [-0.05, 0) is 23.1 Å². The predicted molar refractivity (Wildman–Crippen MR) is 101 cm³/mol. The minimum atomic E-state index is -0.0224. The van der Waals surface area contributed by atoms with Gasteiger partial charge in [0.05, 0.1) is 19.3 Å². The average Bonchev–Trinajstić information content (AvgIpc) is 2.66. The Morgan fingerprint density at radius 1 is 0.920 bits per heavy atom. The van der Waals surface area contributed by atoms with E-state index in [1.165, 1.54) is 0 Å². The first-order chi connectivity index (χ1) is 12.2. The number of morpholine rings is 1. The molecule has 0 aliphatic carbocycles. The number of phenols is 1. The highest BCUT2D eigenvalue weighted by Gasteiger charge is 2.27. The van der Waals surface area contributed by atoms with Gasteiger partial charge in [0, 0.05) is 29.1 Å². The number of rotatable bonds is 3. The Kier molecular flexibility index (Phi) is 4.62. The Hall–Kier alpha value is -2.07. The molecule has 1 atom stereocenters. The number of hydrogen-bond acceptors (Lipinski definition) is 3. The van der Waals surface area contributed by atoms with Crippen LogP contribution in [0.25, 0.3) is 10.8 Å². The van der Waals surface area contributed by atoms with Crippen molar-refractivity contribution >= 4 is 22.4 Å². The lowest BCUT2D eigenvalue weighted by Gasteiger charge is -2.35. The summed E-state index contributed by atoms with van der Waals surface area (Å²) in [4.78, 5) is 2.36. The normalized spacial score (nSPS) is 16.8. The van der Waals surface area contributed by atoms with E-state index < -0.39 is 0 Å². The van der Waals surface area contributed by atoms with Crippen molar-refractivity contribution in [3.63, 3.8) is 0 Å². The highest BCUT2D eigenvalue weighted by Crippen LogP contribution is 2.39. The summed E-state index contributed by atoms with van der Waals surface area (Å²) in [7, 11) is 0. The van der Waals surface area contributed by atoms with Crippen LogP contribution in [0.5, 0.6) is 5.75 Å². The van der Waals surface area contributed by atoms with Gasteiger partial charge in [-0.15, -0.1) is 0 Å². The van der Waals surface area contributed by atoms with Crippen molar-refractivity contribution in [3.05, 3.63) is 76.8 Å². The smallest absolute Gasteiger partial charge is 0.128 e. The molecule has 4 rings (SSSR count). The Bertz CT molecular complexity index is 873. The molecule has 1 saturated heterocycles. The van der Waals surface area contributed by atoms with E-state index in [2.05, 4.69) is 11.0 Å². The van der Waals surface area contributed by atoms with Crippen LogP contribution >= 0.6 is 11.6 Å². The maximum absolute atomic E-state index is 11.0. The van der Waals surface area contributed by atoms with Crippen molar-refractivity contribution in [3.8, 4) is 5.75 Å². The van der Waals surface area contributed by atoms with Crippen LogP contribution in [-0.4, -0.2) is 36.3 Å². The molecule has 1 unspecified atom stereocenters. The third-order valence-corrected chi connectivity index (χ3v) is 5.07. The summed E-state index contributed by atoms with van der Waals surface area (Å²) in [5.41, 5.74) is 2.04. The van der Waals surface area contributed by atoms with Gasteiger partial charge in [0.15, 0.2) is 0 Å². The molecule has 4 heteroatoms. The summed E-state index contributed by atoms with van der Waals surface area (Å²) in [6, 6.07) is 19.9. The van der Waals surface area contributed by atoms with E-state index in [0.29, 0.717) is 24.0 Å². The van der Waals surface area contributed by atoms with E-state index >= 15 is 0 Å². The Labute approximate surface area is 152 Å². The van der Waals surface area contributed by atoms with Crippen molar-refractivity contribution < 1.29 is 9.84 Å². The lowest BCUT2D eigenvalue weighted by molar-refractivity contribution is 0.0236. The van der Waals surface area contributed by atoms with Gasteiger partial charge in [0.2, 0.25) is 0 Å². The van der Waals surface area contributed by atoms with Crippen molar-refractivity contribution in [2.24, 2.45) is 0 Å². The van der Waals surface area contributed by atoms with Gasteiger partial charge in [-0.2, -0.15) is 0 Å². The Morgan fingerprint density at radius 2 is 1.64 bits per heavy atom. The van der Waals surface area contributed by atoms with Gasteiger partial charge >= 0.3 is 0 Å². The van der Waals surface area contributed by atoms with E-state index in [9.17, 15) is 5.11 Å². The molecule has 1 heterocycles. The van der Waals surface area contributed by atoms with Gasteiger partial charge in [-0.1, -0.05) is 60.1 Å². The second kappa shape index (κ2) is 7.04. The summed E-state index contributed by atoms with van der Waals surface area (Å²) in [6.45, 7) is 3.08. The van der Waals surface area contributed by atoms with Crippen LogP contribution in [0.1, 0.15) is 17.2 Å². The summed E-state index contributed by atoms with van der Waals surface area (Å²) in [6.07, 6.45) is 0. The molecule has 1 fully saturated rings. The lowest BCUT2D eigenvalue weighted by atomic mass is 9.93. The summed E-state index contributed by atoms with van der Waals surface area (Å²) in [5, 5.41) is 13.6. The summed E-state index contributed by atoms with van der Waals surface area (Å²) < 4.78 is 5.52.